The average molecular weight is 313 g/mol. The fourth-order valence-electron chi connectivity index (χ4n) is 3.42. The molecule has 1 aromatic rings. The first kappa shape index (κ1) is 14.2. The van der Waals surface area contributed by atoms with Gasteiger partial charge in [0.05, 0.1) is 0 Å². The molecule has 1 amide bonds. The van der Waals surface area contributed by atoms with Crippen LogP contribution in [-0.4, -0.2) is 29.9 Å². The maximum Gasteiger partial charge on any atom is 0.222 e. The van der Waals surface area contributed by atoms with E-state index in [0.717, 1.165) is 31.5 Å². The van der Waals surface area contributed by atoms with E-state index in [9.17, 15) is 4.79 Å². The molecule has 1 spiro atoms. The third-order valence-corrected chi connectivity index (χ3v) is 4.78. The number of amides is 1. The Hall–Kier alpha value is -0.770. The topological polar surface area (TPSA) is 46.3 Å². The lowest BCUT2D eigenvalue weighted by Crippen LogP contribution is -2.66. The average Bonchev–Trinajstić information content (AvgIpc) is 2.27. The SMILES string of the molecule is NC1CC2(C1)CN(C(=O)CCc1cc(Cl)cc(Cl)c1)C2. The molecule has 0 atom stereocenters. The maximum absolute atomic E-state index is 12.1. The number of carbonyl (C=O) groups excluding carboxylic acids is 1. The third kappa shape index (κ3) is 2.80. The van der Waals surface area contributed by atoms with Crippen molar-refractivity contribution < 1.29 is 4.79 Å². The van der Waals surface area contributed by atoms with E-state index in [4.69, 9.17) is 28.9 Å². The van der Waals surface area contributed by atoms with Gasteiger partial charge in [-0.15, -0.1) is 0 Å². The number of nitrogens with zero attached hydrogens (tertiary/aromatic N) is 1. The Morgan fingerprint density at radius 1 is 1.25 bits per heavy atom. The van der Waals surface area contributed by atoms with Gasteiger partial charge < -0.3 is 10.6 Å². The summed E-state index contributed by atoms with van der Waals surface area (Å²) in [5.41, 5.74) is 7.19. The van der Waals surface area contributed by atoms with E-state index in [1.165, 1.54) is 0 Å². The molecule has 5 heteroatoms. The molecule has 1 aliphatic carbocycles. The van der Waals surface area contributed by atoms with Crippen LogP contribution >= 0.6 is 23.2 Å². The largest absolute Gasteiger partial charge is 0.341 e. The summed E-state index contributed by atoms with van der Waals surface area (Å²) in [4.78, 5) is 14.0. The van der Waals surface area contributed by atoms with Gasteiger partial charge in [0, 0.05) is 41.0 Å². The molecule has 1 aliphatic heterocycles. The minimum absolute atomic E-state index is 0.215. The van der Waals surface area contributed by atoms with Crippen molar-refractivity contribution in [2.45, 2.75) is 31.7 Å². The van der Waals surface area contributed by atoms with Gasteiger partial charge in [-0.25, -0.2) is 0 Å². The zero-order valence-corrected chi connectivity index (χ0v) is 12.8. The predicted molar refractivity (Wildman–Crippen MR) is 81.0 cm³/mol. The zero-order chi connectivity index (χ0) is 14.3. The molecule has 0 unspecified atom stereocenters. The lowest BCUT2D eigenvalue weighted by Gasteiger charge is -2.58. The van der Waals surface area contributed by atoms with Gasteiger partial charge in [-0.3, -0.25) is 4.79 Å². The molecule has 2 aliphatic rings. The number of rotatable bonds is 3. The second-order valence-electron chi connectivity index (χ2n) is 6.20. The second kappa shape index (κ2) is 5.21. The number of nitrogens with two attached hydrogens (primary N) is 1. The van der Waals surface area contributed by atoms with Gasteiger partial charge in [-0.2, -0.15) is 0 Å². The standard InChI is InChI=1S/C15H18Cl2N2O/c16-11-3-10(4-12(17)5-11)1-2-14(20)19-8-15(9-19)6-13(18)7-15/h3-5,13H,1-2,6-9,18H2. The van der Waals surface area contributed by atoms with Crippen LogP contribution in [0.25, 0.3) is 0 Å². The highest BCUT2D eigenvalue weighted by molar-refractivity contribution is 6.34. The highest BCUT2D eigenvalue weighted by atomic mass is 35.5. The minimum atomic E-state index is 0.215. The van der Waals surface area contributed by atoms with E-state index in [1.54, 1.807) is 6.07 Å². The molecule has 20 heavy (non-hydrogen) atoms. The Morgan fingerprint density at radius 2 is 1.85 bits per heavy atom. The number of hydrogen-bond acceptors (Lipinski definition) is 2. The molecular formula is C15H18Cl2N2O. The predicted octanol–water partition coefficient (Wildman–Crippen LogP) is 2.88. The van der Waals surface area contributed by atoms with E-state index < -0.39 is 0 Å². The summed E-state index contributed by atoms with van der Waals surface area (Å²) < 4.78 is 0. The smallest absolute Gasteiger partial charge is 0.222 e. The summed E-state index contributed by atoms with van der Waals surface area (Å²) in [6, 6.07) is 5.78. The highest BCUT2D eigenvalue weighted by Gasteiger charge is 2.52. The van der Waals surface area contributed by atoms with Crippen LogP contribution in [0.4, 0.5) is 0 Å². The number of likely N-dealkylation sites (tertiary alicyclic amines) is 1. The van der Waals surface area contributed by atoms with Gasteiger partial charge in [0.1, 0.15) is 0 Å². The van der Waals surface area contributed by atoms with Crippen molar-refractivity contribution in [1.29, 1.82) is 0 Å². The summed E-state index contributed by atoms with van der Waals surface area (Å²) >= 11 is 11.9. The van der Waals surface area contributed by atoms with E-state index in [1.807, 2.05) is 17.0 Å². The number of benzene rings is 1. The molecule has 2 fully saturated rings. The van der Waals surface area contributed by atoms with E-state index in [2.05, 4.69) is 0 Å². The Balaban J connectivity index is 1.48. The van der Waals surface area contributed by atoms with Crippen LogP contribution in [0, 0.1) is 5.41 Å². The van der Waals surface area contributed by atoms with Crippen LogP contribution in [0.15, 0.2) is 18.2 Å². The molecule has 3 nitrogen and oxygen atoms in total. The van der Waals surface area contributed by atoms with Crippen LogP contribution in [0.1, 0.15) is 24.8 Å². The fourth-order valence-corrected chi connectivity index (χ4v) is 3.99. The number of carbonyl (C=O) groups is 1. The molecule has 108 valence electrons. The fraction of sp³-hybridized carbons (Fsp3) is 0.533. The molecule has 0 bridgehead atoms. The van der Waals surface area contributed by atoms with Crippen LogP contribution in [0.3, 0.4) is 0 Å². The van der Waals surface area contributed by atoms with Gasteiger partial charge in [-0.05, 0) is 43.0 Å². The minimum Gasteiger partial charge on any atom is -0.341 e. The van der Waals surface area contributed by atoms with Gasteiger partial charge in [0.2, 0.25) is 5.91 Å². The number of hydrogen-bond donors (Lipinski definition) is 1. The van der Waals surface area contributed by atoms with Crippen molar-refractivity contribution in [3.05, 3.63) is 33.8 Å². The van der Waals surface area contributed by atoms with E-state index >= 15 is 0 Å². The normalized spacial score (nSPS) is 20.6. The van der Waals surface area contributed by atoms with Gasteiger partial charge in [0.25, 0.3) is 0 Å². The first-order valence-electron chi connectivity index (χ1n) is 6.94. The van der Waals surface area contributed by atoms with Crippen LogP contribution < -0.4 is 5.73 Å². The van der Waals surface area contributed by atoms with Crippen molar-refractivity contribution in [3.63, 3.8) is 0 Å². The Kier molecular flexibility index (Phi) is 3.69. The Labute approximate surface area is 129 Å². The number of aryl methyl sites for hydroxylation is 1. The lowest BCUT2D eigenvalue weighted by atomic mass is 9.61. The first-order valence-corrected chi connectivity index (χ1v) is 7.70. The summed E-state index contributed by atoms with van der Waals surface area (Å²) in [6.45, 7) is 1.77. The summed E-state index contributed by atoms with van der Waals surface area (Å²) in [6.07, 6.45) is 3.34. The third-order valence-electron chi connectivity index (χ3n) is 4.35. The second-order valence-corrected chi connectivity index (χ2v) is 7.07. The lowest BCUT2D eigenvalue weighted by molar-refractivity contribution is -0.151. The Bertz CT molecular complexity index is 512. The molecule has 1 heterocycles. The summed E-state index contributed by atoms with van der Waals surface area (Å²) in [7, 11) is 0. The molecule has 1 saturated carbocycles. The molecule has 2 N–H and O–H groups in total. The zero-order valence-electron chi connectivity index (χ0n) is 11.2. The summed E-state index contributed by atoms with van der Waals surface area (Å²) in [5.74, 6) is 0.215. The molecule has 1 aromatic carbocycles. The van der Waals surface area contributed by atoms with Gasteiger partial charge >= 0.3 is 0 Å². The van der Waals surface area contributed by atoms with Gasteiger partial charge in [-0.1, -0.05) is 23.2 Å². The molecule has 0 radical (unpaired) electrons. The molecule has 0 aromatic heterocycles. The Morgan fingerprint density at radius 3 is 2.40 bits per heavy atom. The molecule has 3 rings (SSSR count). The van der Waals surface area contributed by atoms with Crippen molar-refractivity contribution in [3.8, 4) is 0 Å². The quantitative estimate of drug-likeness (QED) is 0.933. The molecule has 1 saturated heterocycles. The van der Waals surface area contributed by atoms with Gasteiger partial charge in [0.15, 0.2) is 0 Å². The number of halogens is 2. The summed E-state index contributed by atoms with van der Waals surface area (Å²) in [5, 5.41) is 1.23. The van der Waals surface area contributed by atoms with Crippen LogP contribution in [-0.2, 0) is 11.2 Å². The van der Waals surface area contributed by atoms with Crippen molar-refractivity contribution in [1.82, 2.24) is 4.90 Å². The van der Waals surface area contributed by atoms with E-state index in [-0.39, 0.29) is 5.91 Å². The first-order chi connectivity index (χ1) is 9.46. The van der Waals surface area contributed by atoms with Crippen molar-refractivity contribution in [2.75, 3.05) is 13.1 Å². The van der Waals surface area contributed by atoms with Crippen molar-refractivity contribution >= 4 is 29.1 Å². The van der Waals surface area contributed by atoms with Crippen molar-refractivity contribution in [2.24, 2.45) is 11.1 Å². The molecular weight excluding hydrogens is 295 g/mol. The monoisotopic (exact) mass is 312 g/mol. The van der Waals surface area contributed by atoms with E-state index in [0.29, 0.717) is 34.3 Å². The van der Waals surface area contributed by atoms with Crippen LogP contribution in [0.2, 0.25) is 10.0 Å². The van der Waals surface area contributed by atoms with Crippen LogP contribution in [0.5, 0.6) is 0 Å². The highest BCUT2D eigenvalue weighted by Crippen LogP contribution is 2.47. The maximum atomic E-state index is 12.1.